The van der Waals surface area contributed by atoms with Gasteiger partial charge in [-0.3, -0.25) is 28.9 Å². The normalized spacial score (nSPS) is 13.2. The molecule has 30 heteroatoms. The lowest BCUT2D eigenvalue weighted by molar-refractivity contribution is -0.130. The first kappa shape index (κ1) is 91.9. The molecule has 0 saturated carbocycles. The molecule has 654 valence electrons. The zero-order chi connectivity index (χ0) is 91.5. The molecule has 0 aromatic heterocycles. The van der Waals surface area contributed by atoms with Crippen LogP contribution in [0, 0.1) is 41.5 Å². The van der Waals surface area contributed by atoms with Gasteiger partial charge in [-0.15, -0.1) is 0 Å². The van der Waals surface area contributed by atoms with Crippen molar-refractivity contribution in [2.75, 3.05) is 81.6 Å². The molecule has 8 aromatic rings. The number of aliphatic carboxylic acids is 1. The molecule has 0 saturated heterocycles. The largest absolute Gasteiger partial charge is 0.477 e. The SMILES string of the molecule is CCN=c1cc2oc3cc(NCC)c(C)cc3c(-c3ccccc3C(=O)OC)c-2cc1C.CCN=c1cc2oc3cc(NCC)c(C)cc3c(-c3ccccc3C(=O)OC)c-2cc1C.CCN=c1cc2oc3cc(NCC)c(C)cc3c(-c3ccccc3C(=O)OC)c-2cc1C.O=C(O)C1=NN(c2ccc(S(=O)(=O)O)cc2)C(=O)C1N=Nc1ccc(S(=O)(=O)O)cc1. The molecule has 1 amide bonds. The monoisotopic (exact) mass is 1750 g/mol. The number of hydrazone groups is 1. The summed E-state index contributed by atoms with van der Waals surface area (Å²) >= 11 is 0. The highest BCUT2D eigenvalue weighted by Gasteiger charge is 2.41. The highest BCUT2D eigenvalue weighted by molar-refractivity contribution is 7.86. The molecule has 0 radical (unpaired) electrons. The fourth-order valence-electron chi connectivity index (χ4n) is 15.0. The number of amides is 1. The highest BCUT2D eigenvalue weighted by atomic mass is 32.2. The fraction of sp³-hybridized carbons (Fsp3) is 0.227. The Morgan fingerprint density at radius 1 is 0.425 bits per heavy atom. The number of rotatable bonds is 21. The topological polar surface area (TPSA) is 395 Å². The molecule has 6 N–H and O–H groups in total. The van der Waals surface area contributed by atoms with E-state index in [9.17, 15) is 45.9 Å². The third-order valence-corrected chi connectivity index (χ3v) is 22.7. The van der Waals surface area contributed by atoms with Crippen LogP contribution in [0.3, 0.4) is 0 Å². The van der Waals surface area contributed by atoms with Crippen molar-refractivity contribution in [3.8, 4) is 67.4 Å². The Balaban J connectivity index is 0.000000154. The van der Waals surface area contributed by atoms with E-state index in [1.54, 1.807) is 18.2 Å². The zero-order valence-corrected chi connectivity index (χ0v) is 74.3. The number of ether oxygens (including phenoxy) is 3. The van der Waals surface area contributed by atoms with Crippen LogP contribution < -0.4 is 37.0 Å². The van der Waals surface area contributed by atoms with E-state index in [0.717, 1.165) is 223 Å². The van der Waals surface area contributed by atoms with Gasteiger partial charge in [0.1, 0.15) is 34.0 Å². The van der Waals surface area contributed by atoms with Crippen LogP contribution in [0.25, 0.3) is 100 Å². The summed E-state index contributed by atoms with van der Waals surface area (Å²) in [6.07, 6.45) is 0. The van der Waals surface area contributed by atoms with E-state index in [1.165, 1.54) is 33.5 Å². The Kier molecular flexibility index (Phi) is 28.7. The smallest absolute Gasteiger partial charge is 0.355 e. The Bertz CT molecular complexity index is 6560. The number of esters is 3. The quantitative estimate of drug-likeness (QED) is 0.0128. The van der Waals surface area contributed by atoms with Crippen molar-refractivity contribution in [1.82, 2.24) is 0 Å². The number of methoxy groups -OCH3 is 3. The number of carbonyl (C=O) groups excluding carboxylic acids is 4. The number of hydrogen-bond donors (Lipinski definition) is 6. The van der Waals surface area contributed by atoms with E-state index in [2.05, 4.69) is 124 Å². The molecule has 0 fully saturated rings. The number of anilines is 4. The Morgan fingerprint density at radius 2 is 0.740 bits per heavy atom. The van der Waals surface area contributed by atoms with E-state index in [1.807, 2.05) is 133 Å². The van der Waals surface area contributed by atoms with Gasteiger partial charge in [0.15, 0.2) is 5.71 Å². The van der Waals surface area contributed by atoms with Gasteiger partial charge in [0.25, 0.3) is 26.1 Å². The van der Waals surface area contributed by atoms with Gasteiger partial charge in [-0.25, -0.2) is 19.2 Å². The maximum absolute atomic E-state index is 12.6. The molecular formula is C97H96N10O18S2. The summed E-state index contributed by atoms with van der Waals surface area (Å²) in [6.45, 7) is 29.2. The van der Waals surface area contributed by atoms with Crippen molar-refractivity contribution in [2.45, 2.75) is 98.9 Å². The molecule has 1 atom stereocenters. The van der Waals surface area contributed by atoms with Crippen LogP contribution in [-0.4, -0.2) is 133 Å². The maximum atomic E-state index is 12.6. The second-order valence-electron chi connectivity index (χ2n) is 29.4. The lowest BCUT2D eigenvalue weighted by Gasteiger charge is -2.19. The molecule has 4 aliphatic heterocycles. The van der Waals surface area contributed by atoms with Gasteiger partial charge in [0.05, 0.1) is 75.3 Å². The standard InChI is InChI=1S/3C27H28N2O3.C16H12N4O9S2/c3*1-6-28-22-14-24-20(12-16(22)3)26(18-10-8-9-11-19(18)27(30)31-5)21-13-17(4)23(29-7-2)15-25(21)32-24;21-15-13(18-17-9-1-5-11(6-2-9)30(24,25)26)14(16(22)23)19-20(15)10-3-7-12(8-4-10)31(27,28)29/h3*8-15,28H,6-7H2,1-5H3;1-8,13H,(H,22,23)(H,24,25,26)(H,27,28,29). The highest BCUT2D eigenvalue weighted by Crippen LogP contribution is 2.47. The summed E-state index contributed by atoms with van der Waals surface area (Å²) in [5, 5.41) is 36.9. The third kappa shape index (κ3) is 19.9. The molecule has 4 heterocycles. The maximum Gasteiger partial charge on any atom is 0.355 e. The number of benzene rings is 11. The van der Waals surface area contributed by atoms with Crippen molar-refractivity contribution < 1.29 is 82.5 Å². The van der Waals surface area contributed by atoms with Gasteiger partial charge in [0.2, 0.25) is 6.04 Å². The van der Waals surface area contributed by atoms with Crippen molar-refractivity contribution in [3.05, 3.63) is 260 Å². The third-order valence-electron chi connectivity index (χ3n) is 21.0. The van der Waals surface area contributed by atoms with Crippen LogP contribution in [0.5, 0.6) is 0 Å². The van der Waals surface area contributed by atoms with Gasteiger partial charge in [-0.2, -0.15) is 37.2 Å². The average molecular weight is 1750 g/mol. The number of carbonyl (C=O) groups is 5. The first-order valence-corrected chi connectivity index (χ1v) is 43.7. The van der Waals surface area contributed by atoms with Gasteiger partial charge in [0, 0.05) is 142 Å². The molecule has 8 aromatic carbocycles. The minimum atomic E-state index is -4.46. The van der Waals surface area contributed by atoms with E-state index in [0.29, 0.717) is 41.3 Å². The minimum Gasteiger partial charge on any atom is -0.477 e. The number of fused-ring (bicyclic) bond motifs is 6. The van der Waals surface area contributed by atoms with Crippen LogP contribution in [-0.2, 0) is 44.0 Å². The van der Waals surface area contributed by atoms with Gasteiger partial charge in [-0.1, -0.05) is 54.6 Å². The molecule has 0 spiro atoms. The lowest BCUT2D eigenvalue weighted by atomic mass is 9.89. The van der Waals surface area contributed by atoms with Gasteiger partial charge in [-0.05, 0) is 236 Å². The molecule has 7 aliphatic rings. The number of azo groups is 1. The summed E-state index contributed by atoms with van der Waals surface area (Å²) in [5.74, 6) is -1.33. The van der Waals surface area contributed by atoms with Gasteiger partial charge < -0.3 is 48.5 Å². The van der Waals surface area contributed by atoms with E-state index < -0.39 is 53.7 Å². The van der Waals surface area contributed by atoms with Crippen LogP contribution in [0.4, 0.5) is 28.4 Å². The Hall–Kier alpha value is -14.3. The number of carboxylic acid groups (broad SMARTS) is 1. The number of aryl methyl sites for hydroxylation is 6. The molecular weight excluding hydrogens is 1660 g/mol. The fourth-order valence-corrected chi connectivity index (χ4v) is 16.0. The summed E-state index contributed by atoms with van der Waals surface area (Å²) in [4.78, 5) is 75.0. The molecule has 15 rings (SSSR count). The summed E-state index contributed by atoms with van der Waals surface area (Å²) in [6, 6.07) is 54.5. The van der Waals surface area contributed by atoms with Crippen LogP contribution in [0.15, 0.2) is 247 Å². The van der Waals surface area contributed by atoms with Crippen molar-refractivity contribution in [1.29, 1.82) is 0 Å². The lowest BCUT2D eigenvalue weighted by Crippen LogP contribution is -2.33. The van der Waals surface area contributed by atoms with E-state index in [-0.39, 0.29) is 29.3 Å². The Morgan fingerprint density at radius 3 is 1.03 bits per heavy atom. The predicted octanol–water partition coefficient (Wildman–Crippen LogP) is 19.0. The number of nitrogens with zero attached hydrogens (tertiary/aromatic N) is 7. The van der Waals surface area contributed by atoms with E-state index >= 15 is 0 Å². The van der Waals surface area contributed by atoms with Gasteiger partial charge >= 0.3 is 23.9 Å². The summed E-state index contributed by atoms with van der Waals surface area (Å²) in [7, 11) is -4.65. The second-order valence-corrected chi connectivity index (χ2v) is 32.3. The summed E-state index contributed by atoms with van der Waals surface area (Å²) in [5.41, 5.74) is 21.0. The van der Waals surface area contributed by atoms with Crippen molar-refractivity contribution >= 4 is 117 Å². The molecule has 127 heavy (non-hydrogen) atoms. The minimum absolute atomic E-state index is 0.0198. The molecule has 3 aliphatic carbocycles. The van der Waals surface area contributed by atoms with Crippen LogP contribution in [0.2, 0.25) is 0 Å². The molecule has 28 nitrogen and oxygen atoms in total. The number of nitrogens with one attached hydrogen (secondary N) is 3. The Labute approximate surface area is 733 Å². The molecule has 0 bridgehead atoms. The van der Waals surface area contributed by atoms with E-state index in [4.69, 9.17) is 36.6 Å². The number of hydrogen-bond acceptors (Lipinski definition) is 24. The summed E-state index contributed by atoms with van der Waals surface area (Å²) < 4.78 is 96.7. The van der Waals surface area contributed by atoms with Crippen molar-refractivity contribution in [2.24, 2.45) is 30.3 Å². The van der Waals surface area contributed by atoms with Crippen LogP contribution in [0.1, 0.15) is 106 Å². The average Bonchev–Trinajstić information content (AvgIpc) is 1.21. The number of carboxylic acids is 1. The first-order valence-electron chi connectivity index (χ1n) is 40.9. The zero-order valence-electron chi connectivity index (χ0n) is 72.7. The molecule has 1 unspecified atom stereocenters. The van der Waals surface area contributed by atoms with Crippen LogP contribution >= 0.6 is 0 Å². The van der Waals surface area contributed by atoms with Crippen molar-refractivity contribution in [3.63, 3.8) is 0 Å². The predicted molar refractivity (Wildman–Crippen MR) is 491 cm³/mol. The first-order chi connectivity index (χ1) is 60.8. The second kappa shape index (κ2) is 39.7.